The fraction of sp³-hybridized carbons (Fsp3) is 0.320. The first-order valence-electron chi connectivity index (χ1n) is 11.1. The number of amides is 1. The van der Waals surface area contributed by atoms with E-state index in [1.165, 1.54) is 0 Å². The molecule has 3 aromatic rings. The van der Waals surface area contributed by atoms with Crippen LogP contribution in [-0.4, -0.2) is 65.7 Å². The number of hydrogen-bond acceptors (Lipinski definition) is 7. The third kappa shape index (κ3) is 5.95. The number of hydrogen-bond donors (Lipinski definition) is 0. The minimum atomic E-state index is -0.0537. The summed E-state index contributed by atoms with van der Waals surface area (Å²) in [4.78, 5) is 21.1. The van der Waals surface area contributed by atoms with Gasteiger partial charge in [-0.1, -0.05) is 35.0 Å². The Morgan fingerprint density at radius 2 is 1.88 bits per heavy atom. The van der Waals surface area contributed by atoms with E-state index in [-0.39, 0.29) is 12.5 Å². The fourth-order valence-corrected chi connectivity index (χ4v) is 3.84. The molecule has 0 aliphatic carbocycles. The van der Waals surface area contributed by atoms with Gasteiger partial charge in [-0.2, -0.15) is 4.98 Å². The second-order valence-electron chi connectivity index (χ2n) is 7.87. The van der Waals surface area contributed by atoms with Crippen LogP contribution in [0.3, 0.4) is 0 Å². The number of benzene rings is 2. The van der Waals surface area contributed by atoms with Gasteiger partial charge in [0.25, 0.3) is 5.91 Å². The molecular weight excluding hydrogens is 456 g/mol. The Hall–Kier alpha value is -3.36. The maximum atomic E-state index is 12.7. The minimum Gasteiger partial charge on any atom is -0.493 e. The summed E-state index contributed by atoms with van der Waals surface area (Å²) < 4.78 is 16.6. The van der Waals surface area contributed by atoms with Crippen molar-refractivity contribution in [1.82, 2.24) is 19.9 Å². The molecule has 1 aliphatic heterocycles. The molecule has 0 radical (unpaired) electrons. The van der Waals surface area contributed by atoms with E-state index in [2.05, 4.69) is 15.0 Å². The highest BCUT2D eigenvalue weighted by molar-refractivity contribution is 6.30. The van der Waals surface area contributed by atoms with Gasteiger partial charge in [0.15, 0.2) is 18.1 Å². The highest BCUT2D eigenvalue weighted by Gasteiger charge is 2.23. The molecule has 0 saturated carbocycles. The van der Waals surface area contributed by atoms with E-state index in [4.69, 9.17) is 25.6 Å². The van der Waals surface area contributed by atoms with E-state index in [1.54, 1.807) is 19.2 Å². The second kappa shape index (κ2) is 11.2. The average Bonchev–Trinajstić information content (AvgIpc) is 3.32. The molecule has 2 heterocycles. The smallest absolute Gasteiger partial charge is 0.260 e. The van der Waals surface area contributed by atoms with Crippen molar-refractivity contribution in [2.75, 3.05) is 39.9 Å². The number of aromatic nitrogens is 2. The van der Waals surface area contributed by atoms with E-state index in [0.717, 1.165) is 11.1 Å². The lowest BCUT2D eigenvalue weighted by Crippen LogP contribution is -2.49. The molecule has 1 saturated heterocycles. The molecule has 0 N–H and O–H groups in total. The molecule has 8 nitrogen and oxygen atoms in total. The summed E-state index contributed by atoms with van der Waals surface area (Å²) in [7, 11) is 1.59. The molecule has 0 bridgehead atoms. The van der Waals surface area contributed by atoms with E-state index in [0.29, 0.717) is 61.0 Å². The number of ether oxygens (including phenoxy) is 2. The second-order valence-corrected chi connectivity index (χ2v) is 8.31. The molecule has 1 fully saturated rings. The van der Waals surface area contributed by atoms with Crippen LogP contribution in [0, 0.1) is 0 Å². The lowest BCUT2D eigenvalue weighted by atomic mass is 10.2. The van der Waals surface area contributed by atoms with Crippen LogP contribution in [-0.2, 0) is 11.3 Å². The van der Waals surface area contributed by atoms with Gasteiger partial charge in [0.05, 0.1) is 13.7 Å². The molecule has 2 aromatic carbocycles. The van der Waals surface area contributed by atoms with Gasteiger partial charge in [0, 0.05) is 36.8 Å². The largest absolute Gasteiger partial charge is 0.493 e. The summed E-state index contributed by atoms with van der Waals surface area (Å²) in [6, 6.07) is 12.9. The number of piperazine rings is 1. The van der Waals surface area contributed by atoms with Crippen LogP contribution in [0.2, 0.25) is 5.02 Å². The summed E-state index contributed by atoms with van der Waals surface area (Å²) in [5, 5.41) is 4.72. The summed E-state index contributed by atoms with van der Waals surface area (Å²) >= 11 is 5.93. The molecule has 0 atom stereocenters. The summed E-state index contributed by atoms with van der Waals surface area (Å²) in [5.74, 6) is 2.18. The molecule has 34 heavy (non-hydrogen) atoms. The van der Waals surface area contributed by atoms with Gasteiger partial charge in [-0.15, -0.1) is 0 Å². The Morgan fingerprint density at radius 3 is 2.59 bits per heavy atom. The van der Waals surface area contributed by atoms with Gasteiger partial charge >= 0.3 is 0 Å². The maximum Gasteiger partial charge on any atom is 0.260 e. The van der Waals surface area contributed by atoms with Crippen molar-refractivity contribution >= 4 is 23.6 Å². The summed E-state index contributed by atoms with van der Waals surface area (Å²) in [6.07, 6.45) is 3.93. The van der Waals surface area contributed by atoms with Crippen LogP contribution in [0.1, 0.15) is 18.4 Å². The topological polar surface area (TPSA) is 80.9 Å². The van der Waals surface area contributed by atoms with Crippen LogP contribution in [0.4, 0.5) is 0 Å². The normalized spacial score (nSPS) is 14.5. The van der Waals surface area contributed by atoms with Gasteiger partial charge in [0.1, 0.15) is 0 Å². The van der Waals surface area contributed by atoms with Crippen molar-refractivity contribution in [1.29, 1.82) is 0 Å². The number of halogens is 1. The summed E-state index contributed by atoms with van der Waals surface area (Å²) in [5.41, 5.74) is 1.86. The Labute approximate surface area is 203 Å². The number of carbonyl (C=O) groups is 1. The highest BCUT2D eigenvalue weighted by atomic mass is 35.5. The van der Waals surface area contributed by atoms with Gasteiger partial charge < -0.3 is 18.9 Å². The Kier molecular flexibility index (Phi) is 7.82. The number of nitrogens with zero attached hydrogens (tertiary/aromatic N) is 4. The van der Waals surface area contributed by atoms with Crippen LogP contribution < -0.4 is 9.47 Å². The first-order chi connectivity index (χ1) is 16.6. The van der Waals surface area contributed by atoms with Crippen LogP contribution in [0.15, 0.2) is 53.1 Å². The lowest BCUT2D eigenvalue weighted by Gasteiger charge is -2.33. The first-order valence-corrected chi connectivity index (χ1v) is 11.5. The monoisotopic (exact) mass is 482 g/mol. The zero-order chi connectivity index (χ0) is 23.9. The minimum absolute atomic E-state index is 0.0343. The van der Waals surface area contributed by atoms with Gasteiger partial charge in [-0.05, 0) is 48.9 Å². The molecular formula is C25H27ClN4O4. The lowest BCUT2D eigenvalue weighted by molar-refractivity contribution is -0.135. The molecule has 9 heteroatoms. The molecule has 0 unspecified atom stereocenters. The Balaban J connectivity index is 1.25. The first kappa shape index (κ1) is 23.8. The molecule has 4 rings (SSSR count). The maximum absolute atomic E-state index is 12.7. The molecule has 1 aliphatic rings. The van der Waals surface area contributed by atoms with Crippen molar-refractivity contribution in [3.05, 3.63) is 65.0 Å². The zero-order valence-electron chi connectivity index (χ0n) is 19.2. The molecule has 1 aromatic heterocycles. The molecule has 0 spiro atoms. The van der Waals surface area contributed by atoms with Crippen molar-refractivity contribution in [2.45, 2.75) is 13.5 Å². The molecule has 178 valence electrons. The van der Waals surface area contributed by atoms with Crippen LogP contribution >= 0.6 is 11.6 Å². The zero-order valence-corrected chi connectivity index (χ0v) is 20.0. The van der Waals surface area contributed by atoms with Crippen LogP contribution in [0.25, 0.3) is 17.5 Å². The Morgan fingerprint density at radius 1 is 1.12 bits per heavy atom. The summed E-state index contributed by atoms with van der Waals surface area (Å²) in [6.45, 7) is 5.10. The van der Waals surface area contributed by atoms with Crippen molar-refractivity contribution in [3.63, 3.8) is 0 Å². The van der Waals surface area contributed by atoms with Crippen molar-refractivity contribution in [3.8, 4) is 22.9 Å². The number of methoxy groups -OCH3 is 1. The third-order valence-corrected chi connectivity index (χ3v) is 5.80. The van der Waals surface area contributed by atoms with Gasteiger partial charge in [-0.25, -0.2) is 0 Å². The fourth-order valence-electron chi connectivity index (χ4n) is 3.71. The average molecular weight is 483 g/mol. The van der Waals surface area contributed by atoms with Crippen LogP contribution in [0.5, 0.6) is 11.5 Å². The number of allylic oxidation sites excluding steroid dienone is 1. The van der Waals surface area contributed by atoms with Crippen molar-refractivity contribution in [2.24, 2.45) is 0 Å². The van der Waals surface area contributed by atoms with Crippen molar-refractivity contribution < 1.29 is 18.8 Å². The number of rotatable bonds is 8. The predicted octanol–water partition coefficient (Wildman–Crippen LogP) is 4.15. The number of carbonyl (C=O) groups excluding carboxylic acids is 1. The Bertz CT molecular complexity index is 1140. The predicted molar refractivity (Wildman–Crippen MR) is 130 cm³/mol. The highest BCUT2D eigenvalue weighted by Crippen LogP contribution is 2.28. The third-order valence-electron chi connectivity index (χ3n) is 5.55. The van der Waals surface area contributed by atoms with E-state index >= 15 is 0 Å². The van der Waals surface area contributed by atoms with E-state index < -0.39 is 0 Å². The quantitative estimate of drug-likeness (QED) is 0.477. The van der Waals surface area contributed by atoms with Gasteiger partial charge in [0.2, 0.25) is 11.7 Å². The van der Waals surface area contributed by atoms with Gasteiger partial charge in [-0.3, -0.25) is 9.69 Å². The van der Waals surface area contributed by atoms with E-state index in [9.17, 15) is 4.79 Å². The molecule has 1 amide bonds. The van der Waals surface area contributed by atoms with E-state index in [1.807, 2.05) is 54.3 Å². The SMILES string of the molecule is C/C=C/c1ccc(OCC(=O)N2CCN(Cc3nc(-c4ccc(Cl)cc4)no3)CC2)c(OC)c1. The standard InChI is InChI=1S/C25H27ClN4O4/c1-3-4-18-5-10-21(22(15-18)32-2)33-17-24(31)30-13-11-29(12-14-30)16-23-27-25(28-34-23)19-6-8-20(26)9-7-19/h3-10,15H,11-14,16-17H2,1-2H3/b4-3+.